The van der Waals surface area contributed by atoms with E-state index >= 15 is 0 Å². The van der Waals surface area contributed by atoms with Gasteiger partial charge in [-0.2, -0.15) is 0 Å². The monoisotopic (exact) mass is 774 g/mol. The Balaban J connectivity index is 0.00000260. The van der Waals surface area contributed by atoms with E-state index in [0.717, 1.165) is 5.75 Å². The Morgan fingerprint density at radius 1 is 0.646 bits per heavy atom. The van der Waals surface area contributed by atoms with E-state index in [2.05, 4.69) is 163 Å². The minimum Gasteiger partial charge on any atom is -0.147 e. The molecule has 2 unspecified atom stereocenters. The number of methoxy groups -OCH3 is 1. The van der Waals surface area contributed by atoms with Crippen LogP contribution >= 0.6 is 24.8 Å². The van der Waals surface area contributed by atoms with Crippen LogP contribution < -0.4 is 4.74 Å². The predicted octanol–water partition coefficient (Wildman–Crippen LogP) is 12.4. The van der Waals surface area contributed by atoms with Crippen LogP contribution in [0.25, 0.3) is 34.4 Å². The number of halogens is 2. The Bertz CT molecular complexity index is 1980. The van der Waals surface area contributed by atoms with Gasteiger partial charge in [-0.1, -0.05) is 0 Å². The quantitative estimate of drug-likeness (QED) is 0.183. The molecule has 0 aromatic heterocycles. The van der Waals surface area contributed by atoms with Crippen LogP contribution in [0.5, 0.6) is 5.75 Å². The zero-order valence-electron chi connectivity index (χ0n) is 30.7. The van der Waals surface area contributed by atoms with E-state index < -0.39 is 17.4 Å². The minimum atomic E-state index is -3.72. The normalized spacial score (nSPS) is 17.4. The third kappa shape index (κ3) is 6.43. The van der Waals surface area contributed by atoms with Crippen LogP contribution in [-0.4, -0.2) is 14.0 Å². The fourth-order valence-electron chi connectivity index (χ4n) is 8.95. The van der Waals surface area contributed by atoms with E-state index in [1.807, 2.05) is 7.11 Å². The summed E-state index contributed by atoms with van der Waals surface area (Å²) in [5.74, 6) is 1.02. The van der Waals surface area contributed by atoms with E-state index in [-0.39, 0.29) is 35.6 Å². The van der Waals surface area contributed by atoms with Gasteiger partial charge < -0.3 is 0 Å². The second kappa shape index (κ2) is 13.2. The molecule has 2 atom stereocenters. The van der Waals surface area contributed by atoms with Crippen molar-refractivity contribution < 1.29 is 22.1 Å². The van der Waals surface area contributed by atoms with E-state index in [1.54, 1.807) is 0 Å². The van der Waals surface area contributed by atoms with Crippen molar-refractivity contribution in [2.24, 2.45) is 0 Å². The van der Waals surface area contributed by atoms with Crippen LogP contribution in [-0.2, 0) is 28.2 Å². The fourth-order valence-corrected chi connectivity index (χ4v) is 30.2. The van der Waals surface area contributed by atoms with Gasteiger partial charge in [0, 0.05) is 0 Å². The van der Waals surface area contributed by atoms with Crippen molar-refractivity contribution in [2.75, 3.05) is 7.11 Å². The molecular formula is C43H54Cl2OSiZr. The van der Waals surface area contributed by atoms with Crippen molar-refractivity contribution in [1.82, 2.24) is 0 Å². The van der Waals surface area contributed by atoms with Crippen molar-refractivity contribution in [2.45, 2.75) is 82.7 Å². The van der Waals surface area contributed by atoms with Gasteiger partial charge >= 0.3 is 282 Å². The first kappa shape index (κ1) is 38.6. The summed E-state index contributed by atoms with van der Waals surface area (Å²) in [5.41, 5.74) is 16.8. The first-order valence-electron chi connectivity index (χ1n) is 16.9. The van der Waals surface area contributed by atoms with E-state index in [9.17, 15) is 0 Å². The molecule has 0 radical (unpaired) electrons. The molecule has 0 amide bonds. The summed E-state index contributed by atoms with van der Waals surface area (Å²) >= 11 is -3.72. The molecule has 0 spiro atoms. The van der Waals surface area contributed by atoms with Gasteiger partial charge in [-0.05, 0) is 0 Å². The number of fused-ring (bicyclic) bond motifs is 2. The SMILES string of the molecule is COc1c(C(C)(C)C)cc2c(c1-c1ccccc1)C=C(C)[CH]2[Zr]([CH3])([CH3])(=[SiH2])[CH]1C(C)=Cc2c(-c3ccc(C(C)(C)C)cc3)cccc21.Cl.Cl. The number of rotatable bonds is 5. The number of hydrogen-bond acceptors (Lipinski definition) is 1. The van der Waals surface area contributed by atoms with Crippen LogP contribution in [0.4, 0.5) is 0 Å². The van der Waals surface area contributed by atoms with Crippen LogP contribution in [0.3, 0.4) is 0 Å². The standard InChI is InChI=1S/C21H23O.C20H21.2CH3.2ClH.H2Si.Zr/c1-14-11-16-13-18(21(2,3)4)20(22-5)19(17(16)12-14)15-9-7-6-8-10-15;1-14-12-16-6-5-7-18(19(16)13-14)15-8-10-17(11-9-15)20(2,3)4;;;;;;/h6-13H,1-5H3;5-13H,1-4H3;2*1H3;2*1H;1H2;. The Morgan fingerprint density at radius 3 is 1.75 bits per heavy atom. The molecule has 2 aliphatic carbocycles. The molecule has 0 N–H and O–H groups in total. The van der Waals surface area contributed by atoms with Crippen LogP contribution in [0.1, 0.15) is 96.0 Å². The summed E-state index contributed by atoms with van der Waals surface area (Å²) in [5, 5.41) is 0. The smallest absolute Gasteiger partial charge is 0.147 e. The van der Waals surface area contributed by atoms with Crippen molar-refractivity contribution in [1.29, 1.82) is 0 Å². The summed E-state index contributed by atoms with van der Waals surface area (Å²) in [7, 11) is 1.84. The molecule has 0 bridgehead atoms. The maximum Gasteiger partial charge on any atom is -0.147 e. The van der Waals surface area contributed by atoms with Gasteiger partial charge in [0.15, 0.2) is 0 Å². The molecule has 1 nitrogen and oxygen atoms in total. The maximum absolute atomic E-state index is 6.29. The minimum absolute atomic E-state index is 0. The molecule has 254 valence electrons. The Hall–Kier alpha value is -2.16. The molecule has 5 heteroatoms. The molecule has 4 aromatic carbocycles. The van der Waals surface area contributed by atoms with Crippen molar-refractivity contribution in [3.63, 3.8) is 0 Å². The molecular weight excluding hydrogens is 723 g/mol. The average molecular weight is 777 g/mol. The van der Waals surface area contributed by atoms with Crippen LogP contribution in [0, 0.1) is 0 Å². The van der Waals surface area contributed by atoms with Gasteiger partial charge in [0.25, 0.3) is 0 Å². The van der Waals surface area contributed by atoms with Gasteiger partial charge in [-0.15, -0.1) is 24.8 Å². The summed E-state index contributed by atoms with van der Waals surface area (Å²) in [6.45, 7) is 21.1. The van der Waals surface area contributed by atoms with Crippen LogP contribution in [0.2, 0.25) is 9.26 Å². The van der Waals surface area contributed by atoms with Gasteiger partial charge in [-0.25, -0.2) is 0 Å². The summed E-state index contributed by atoms with van der Waals surface area (Å²) in [6, 6.07) is 29.8. The summed E-state index contributed by atoms with van der Waals surface area (Å²) in [6.07, 6.45) is 5.04. The van der Waals surface area contributed by atoms with Crippen molar-refractivity contribution >= 4 is 43.8 Å². The second-order valence-corrected chi connectivity index (χ2v) is 47.6. The van der Waals surface area contributed by atoms with Crippen molar-refractivity contribution in [3.8, 4) is 28.0 Å². The average Bonchev–Trinajstić information content (AvgIpc) is 3.52. The molecule has 0 aliphatic heterocycles. The first-order chi connectivity index (χ1) is 21.4. The number of allylic oxidation sites excluding steroid dienone is 2. The third-order valence-electron chi connectivity index (χ3n) is 10.8. The van der Waals surface area contributed by atoms with Gasteiger partial charge in [-0.3, -0.25) is 0 Å². The molecule has 4 aromatic rings. The Kier molecular flexibility index (Phi) is 10.6. The topological polar surface area (TPSA) is 9.23 Å². The number of benzene rings is 4. The van der Waals surface area contributed by atoms with Crippen LogP contribution in [0.15, 0.2) is 90.0 Å². The molecule has 0 saturated heterocycles. The molecule has 0 fully saturated rings. The predicted molar refractivity (Wildman–Crippen MR) is 215 cm³/mol. The Morgan fingerprint density at radius 2 is 1.21 bits per heavy atom. The molecule has 0 heterocycles. The molecule has 2 aliphatic rings. The van der Waals surface area contributed by atoms with Gasteiger partial charge in [0.2, 0.25) is 0 Å². The third-order valence-corrected chi connectivity index (χ3v) is 28.7. The summed E-state index contributed by atoms with van der Waals surface area (Å²) < 4.78 is 12.7. The second-order valence-electron chi connectivity index (χ2n) is 17.2. The number of ether oxygens (including phenoxy) is 1. The largest absolute Gasteiger partial charge is 0.147 e. The summed E-state index contributed by atoms with van der Waals surface area (Å²) in [4.78, 5) is 0. The maximum atomic E-state index is 6.29. The fraction of sp³-hybridized carbons (Fsp3) is 0.349. The molecule has 0 saturated carbocycles. The van der Waals surface area contributed by atoms with E-state index in [4.69, 9.17) is 4.74 Å². The first-order valence-corrected chi connectivity index (χ1v) is 30.6. The van der Waals surface area contributed by atoms with E-state index in [1.165, 1.54) is 66.8 Å². The van der Waals surface area contributed by atoms with Gasteiger partial charge in [0.05, 0.1) is 0 Å². The number of hydrogen-bond donors (Lipinski definition) is 0. The zero-order valence-corrected chi connectivity index (χ0v) is 36.3. The van der Waals surface area contributed by atoms with E-state index in [0.29, 0.717) is 7.25 Å². The zero-order chi connectivity index (χ0) is 33.4. The Labute approximate surface area is 305 Å². The molecule has 6 rings (SSSR count). The van der Waals surface area contributed by atoms with Crippen molar-refractivity contribution in [3.05, 3.63) is 123 Å². The molecule has 48 heavy (non-hydrogen) atoms. The van der Waals surface area contributed by atoms with Gasteiger partial charge in [0.1, 0.15) is 0 Å².